The van der Waals surface area contributed by atoms with Gasteiger partial charge < -0.3 is 9.47 Å². The van der Waals surface area contributed by atoms with Crippen LogP contribution in [-0.2, 0) is 9.47 Å². The minimum absolute atomic E-state index is 0.448. The van der Waals surface area contributed by atoms with Gasteiger partial charge in [0.2, 0.25) is 6.79 Å². The number of aryl methyl sites for hydroxylation is 4. The number of hydrogen-bond donors (Lipinski definition) is 0. The summed E-state index contributed by atoms with van der Waals surface area (Å²) >= 11 is 0. The largest absolute Gasteiger partial charge is 0.424 e. The molecule has 0 fully saturated rings. The molecule has 0 aliphatic rings. The minimum atomic E-state index is -0.526. The van der Waals surface area contributed by atoms with Crippen molar-refractivity contribution in [3.63, 3.8) is 0 Å². The van der Waals surface area contributed by atoms with Gasteiger partial charge in [-0.2, -0.15) is 0 Å². The summed E-state index contributed by atoms with van der Waals surface area (Å²) in [5.41, 5.74) is 7.10. The second-order valence-corrected chi connectivity index (χ2v) is 6.80. The molecular weight excluding hydrogens is 344 g/mol. The zero-order valence-electron chi connectivity index (χ0n) is 17.2. The van der Waals surface area contributed by atoms with Crippen LogP contribution in [0, 0.1) is 55.4 Å². The topological polar surface area (TPSA) is 78.4 Å². The van der Waals surface area contributed by atoms with Crippen molar-refractivity contribution in [2.24, 2.45) is 0 Å². The lowest BCUT2D eigenvalue weighted by atomic mass is 10.0. The molecule has 0 aliphatic heterocycles. The first-order valence-corrected chi connectivity index (χ1v) is 8.79. The zero-order valence-corrected chi connectivity index (χ0v) is 17.2. The Morgan fingerprint density at radius 3 is 1.11 bits per heavy atom. The highest BCUT2D eigenvalue weighted by molar-refractivity contribution is 5.94. The summed E-state index contributed by atoms with van der Waals surface area (Å²) in [6, 6.07) is 0. The molecule has 144 valence electrons. The van der Waals surface area contributed by atoms with Crippen molar-refractivity contribution in [2.75, 3.05) is 6.79 Å². The van der Waals surface area contributed by atoms with E-state index in [0.29, 0.717) is 11.1 Å². The molecule has 0 N–H and O–H groups in total. The number of esters is 2. The quantitative estimate of drug-likeness (QED) is 0.600. The van der Waals surface area contributed by atoms with Crippen LogP contribution < -0.4 is 0 Å². The molecule has 6 nitrogen and oxygen atoms in total. The van der Waals surface area contributed by atoms with Gasteiger partial charge in [0.25, 0.3) is 0 Å². The van der Waals surface area contributed by atoms with E-state index in [2.05, 4.69) is 9.97 Å². The number of ether oxygens (including phenoxy) is 2. The molecule has 2 heterocycles. The third kappa shape index (κ3) is 3.99. The summed E-state index contributed by atoms with van der Waals surface area (Å²) in [6.07, 6.45) is 0. The Bertz CT molecular complexity index is 805. The maximum absolute atomic E-state index is 12.5. The molecule has 6 heteroatoms. The first kappa shape index (κ1) is 20.6. The van der Waals surface area contributed by atoms with Crippen LogP contribution in [0.3, 0.4) is 0 Å². The van der Waals surface area contributed by atoms with Crippen LogP contribution in [0.2, 0.25) is 0 Å². The van der Waals surface area contributed by atoms with E-state index >= 15 is 0 Å². The SMILES string of the molecule is Cc1nc(C)c(C)c(C(=O)OCOC(=O)c2c(C)c(C)nc(C)c2C)c1C. The number of aromatic nitrogens is 2. The second-order valence-electron chi connectivity index (χ2n) is 6.80. The molecule has 2 aromatic rings. The van der Waals surface area contributed by atoms with E-state index in [1.54, 1.807) is 0 Å². The van der Waals surface area contributed by atoms with Gasteiger partial charge in [-0.3, -0.25) is 9.97 Å². The van der Waals surface area contributed by atoms with E-state index in [1.807, 2.05) is 55.4 Å². The van der Waals surface area contributed by atoms with Crippen molar-refractivity contribution < 1.29 is 19.1 Å². The number of carbonyl (C=O) groups excluding carboxylic acids is 2. The maximum Gasteiger partial charge on any atom is 0.341 e. The van der Waals surface area contributed by atoms with Crippen LogP contribution in [0.1, 0.15) is 65.7 Å². The smallest absolute Gasteiger partial charge is 0.341 e. The van der Waals surface area contributed by atoms with E-state index in [1.165, 1.54) is 0 Å². The second kappa shape index (κ2) is 7.86. The van der Waals surface area contributed by atoms with E-state index < -0.39 is 18.7 Å². The highest BCUT2D eigenvalue weighted by Gasteiger charge is 2.21. The number of nitrogens with zero attached hydrogens (tertiary/aromatic N) is 2. The summed E-state index contributed by atoms with van der Waals surface area (Å²) in [4.78, 5) is 33.8. The molecule has 0 saturated carbocycles. The Morgan fingerprint density at radius 2 is 0.852 bits per heavy atom. The van der Waals surface area contributed by atoms with Crippen LogP contribution in [-0.4, -0.2) is 28.7 Å². The lowest BCUT2D eigenvalue weighted by Crippen LogP contribution is -2.18. The van der Waals surface area contributed by atoms with Gasteiger partial charge in [-0.05, 0) is 77.6 Å². The molecular formula is C21H26N2O4. The molecule has 0 aromatic carbocycles. The van der Waals surface area contributed by atoms with Crippen molar-refractivity contribution in [3.8, 4) is 0 Å². The monoisotopic (exact) mass is 370 g/mol. The fraction of sp³-hybridized carbons (Fsp3) is 0.429. The van der Waals surface area contributed by atoms with Crippen LogP contribution in [0.4, 0.5) is 0 Å². The molecule has 2 rings (SSSR count). The van der Waals surface area contributed by atoms with Gasteiger partial charge in [0.15, 0.2) is 0 Å². The molecule has 27 heavy (non-hydrogen) atoms. The van der Waals surface area contributed by atoms with Crippen molar-refractivity contribution >= 4 is 11.9 Å². The number of carbonyl (C=O) groups is 2. The molecule has 0 spiro atoms. The number of pyridine rings is 2. The van der Waals surface area contributed by atoms with E-state index in [4.69, 9.17) is 9.47 Å². The van der Waals surface area contributed by atoms with Gasteiger partial charge in [0.05, 0.1) is 11.1 Å². The Balaban J connectivity index is 2.14. The van der Waals surface area contributed by atoms with Crippen molar-refractivity contribution in [1.82, 2.24) is 9.97 Å². The molecule has 0 atom stereocenters. The normalized spacial score (nSPS) is 10.7. The zero-order chi connectivity index (χ0) is 20.5. The third-order valence-corrected chi connectivity index (χ3v) is 5.13. The first-order valence-electron chi connectivity index (χ1n) is 8.79. The summed E-state index contributed by atoms with van der Waals surface area (Å²) in [5.74, 6) is -1.05. The summed E-state index contributed by atoms with van der Waals surface area (Å²) in [6.45, 7) is 14.2. The molecule has 0 unspecified atom stereocenters. The summed E-state index contributed by atoms with van der Waals surface area (Å²) < 4.78 is 10.4. The predicted octanol–water partition coefficient (Wildman–Crippen LogP) is 3.92. The fourth-order valence-corrected chi connectivity index (χ4v) is 3.02. The Hall–Kier alpha value is -2.76. The Morgan fingerprint density at radius 1 is 0.593 bits per heavy atom. The predicted molar refractivity (Wildman–Crippen MR) is 102 cm³/mol. The van der Waals surface area contributed by atoms with Crippen molar-refractivity contribution in [2.45, 2.75) is 55.4 Å². The average molecular weight is 370 g/mol. The van der Waals surface area contributed by atoms with Crippen LogP contribution in [0.15, 0.2) is 0 Å². The molecule has 0 amide bonds. The number of hydrogen-bond acceptors (Lipinski definition) is 6. The van der Waals surface area contributed by atoms with Gasteiger partial charge in [-0.25, -0.2) is 9.59 Å². The van der Waals surface area contributed by atoms with E-state index in [-0.39, 0.29) is 0 Å². The summed E-state index contributed by atoms with van der Waals surface area (Å²) in [5, 5.41) is 0. The van der Waals surface area contributed by atoms with Gasteiger partial charge in [0.1, 0.15) is 0 Å². The van der Waals surface area contributed by atoms with Gasteiger partial charge >= 0.3 is 11.9 Å². The van der Waals surface area contributed by atoms with E-state index in [0.717, 1.165) is 45.0 Å². The Labute approximate surface area is 159 Å². The van der Waals surface area contributed by atoms with Crippen molar-refractivity contribution in [1.29, 1.82) is 0 Å². The third-order valence-electron chi connectivity index (χ3n) is 5.13. The molecule has 0 saturated heterocycles. The van der Waals surface area contributed by atoms with Gasteiger partial charge in [-0.1, -0.05) is 0 Å². The maximum atomic E-state index is 12.5. The van der Waals surface area contributed by atoms with Crippen LogP contribution >= 0.6 is 0 Å². The fourth-order valence-electron chi connectivity index (χ4n) is 3.02. The highest BCUT2D eigenvalue weighted by atomic mass is 16.7. The first-order chi connectivity index (χ1) is 12.6. The van der Waals surface area contributed by atoms with Gasteiger partial charge in [0, 0.05) is 22.8 Å². The van der Waals surface area contributed by atoms with Crippen LogP contribution in [0.25, 0.3) is 0 Å². The minimum Gasteiger partial charge on any atom is -0.424 e. The lowest BCUT2D eigenvalue weighted by molar-refractivity contribution is -0.0169. The molecule has 2 aromatic heterocycles. The van der Waals surface area contributed by atoms with E-state index in [9.17, 15) is 9.59 Å². The standard InChI is InChI=1S/C21H26N2O4/c1-10-14(5)22-15(6)11(2)18(10)20(24)26-9-27-21(25)19-12(3)16(7)23-17(8)13(19)4/h9H2,1-8H3. The lowest BCUT2D eigenvalue weighted by Gasteiger charge is -2.15. The van der Waals surface area contributed by atoms with Crippen LogP contribution in [0.5, 0.6) is 0 Å². The van der Waals surface area contributed by atoms with Crippen molar-refractivity contribution in [3.05, 3.63) is 56.2 Å². The molecule has 0 aliphatic carbocycles. The highest BCUT2D eigenvalue weighted by Crippen LogP contribution is 2.21. The number of rotatable bonds is 4. The van der Waals surface area contributed by atoms with Gasteiger partial charge in [-0.15, -0.1) is 0 Å². The molecule has 0 radical (unpaired) electrons. The summed E-state index contributed by atoms with van der Waals surface area (Å²) in [7, 11) is 0. The molecule has 0 bridgehead atoms. The average Bonchev–Trinajstić information content (AvgIpc) is 2.59. The Kier molecular flexibility index (Phi) is 5.98.